The molecule has 0 bridgehead atoms. The van der Waals surface area contributed by atoms with Gasteiger partial charge in [0.1, 0.15) is 0 Å². The molecule has 0 fully saturated rings. The first-order chi connectivity index (χ1) is 6.43. The predicted molar refractivity (Wildman–Crippen MR) is 57.1 cm³/mol. The number of hydrogen-bond donors (Lipinski definition) is 1. The monoisotopic (exact) mass is 234 g/mol. The van der Waals surface area contributed by atoms with Crippen molar-refractivity contribution in [3.8, 4) is 0 Å². The lowest BCUT2D eigenvalue weighted by atomic mass is 10.1. The van der Waals surface area contributed by atoms with Gasteiger partial charge in [-0.25, -0.2) is 13.4 Å². The fraction of sp³-hybridized carbons (Fsp3) is 0.625. The predicted octanol–water partition coefficient (Wildman–Crippen LogP) is 0.684. The highest BCUT2D eigenvalue weighted by molar-refractivity contribution is 7.92. The van der Waals surface area contributed by atoms with Crippen LogP contribution in [0.15, 0.2) is 9.72 Å². The van der Waals surface area contributed by atoms with E-state index in [2.05, 4.69) is 4.98 Å². The molecule has 0 aliphatic heterocycles. The van der Waals surface area contributed by atoms with Crippen molar-refractivity contribution >= 4 is 21.2 Å². The van der Waals surface area contributed by atoms with Gasteiger partial charge in [-0.15, -0.1) is 11.3 Å². The van der Waals surface area contributed by atoms with Gasteiger partial charge in [0.15, 0.2) is 0 Å². The average molecular weight is 234 g/mol. The van der Waals surface area contributed by atoms with Crippen molar-refractivity contribution in [2.45, 2.75) is 17.7 Å². The molecular formula is C8H14N2O2S2. The molecule has 0 amide bonds. The molecule has 1 aromatic rings. The average Bonchev–Trinajstić information content (AvgIpc) is 2.51. The third kappa shape index (κ3) is 3.04. The molecule has 14 heavy (non-hydrogen) atoms. The van der Waals surface area contributed by atoms with Gasteiger partial charge in [-0.1, -0.05) is 6.92 Å². The van der Waals surface area contributed by atoms with Crippen LogP contribution < -0.4 is 5.73 Å². The molecule has 4 nitrogen and oxygen atoms in total. The van der Waals surface area contributed by atoms with Crippen LogP contribution in [0.1, 0.15) is 12.6 Å². The van der Waals surface area contributed by atoms with Gasteiger partial charge in [-0.3, -0.25) is 0 Å². The Bertz CT molecular complexity index is 397. The van der Waals surface area contributed by atoms with Crippen molar-refractivity contribution in [2.24, 2.45) is 11.7 Å². The van der Waals surface area contributed by atoms with Crippen molar-refractivity contribution in [2.75, 3.05) is 12.8 Å². The first-order valence-corrected chi connectivity index (χ1v) is 7.05. The van der Waals surface area contributed by atoms with Crippen molar-refractivity contribution in [1.82, 2.24) is 4.98 Å². The van der Waals surface area contributed by atoms with Crippen LogP contribution >= 0.6 is 11.3 Å². The summed E-state index contributed by atoms with van der Waals surface area (Å²) < 4.78 is 22.4. The number of nitrogens with two attached hydrogens (primary N) is 1. The number of hydrogen-bond acceptors (Lipinski definition) is 5. The maximum absolute atomic E-state index is 11.1. The van der Waals surface area contributed by atoms with Gasteiger partial charge in [-0.2, -0.15) is 0 Å². The lowest BCUT2D eigenvalue weighted by Crippen LogP contribution is -2.13. The van der Waals surface area contributed by atoms with E-state index in [1.54, 1.807) is 5.38 Å². The second-order valence-corrected chi connectivity index (χ2v) is 6.47. The highest BCUT2D eigenvalue weighted by atomic mass is 32.2. The van der Waals surface area contributed by atoms with Gasteiger partial charge in [0.05, 0.1) is 5.69 Å². The molecule has 1 aromatic heterocycles. The quantitative estimate of drug-likeness (QED) is 0.831. The van der Waals surface area contributed by atoms with E-state index in [-0.39, 0.29) is 4.34 Å². The Morgan fingerprint density at radius 1 is 1.64 bits per heavy atom. The normalized spacial score (nSPS) is 14.2. The maximum atomic E-state index is 11.1. The summed E-state index contributed by atoms with van der Waals surface area (Å²) in [6.45, 7) is 2.60. The van der Waals surface area contributed by atoms with E-state index < -0.39 is 9.84 Å². The molecule has 1 heterocycles. The molecule has 0 aliphatic rings. The van der Waals surface area contributed by atoms with Crippen LogP contribution in [0.4, 0.5) is 0 Å². The van der Waals surface area contributed by atoms with Crippen LogP contribution in [0.5, 0.6) is 0 Å². The fourth-order valence-corrected chi connectivity index (χ4v) is 2.68. The van der Waals surface area contributed by atoms with Crippen LogP contribution in [0.25, 0.3) is 0 Å². The first-order valence-electron chi connectivity index (χ1n) is 4.28. The Kier molecular flexibility index (Phi) is 3.63. The van der Waals surface area contributed by atoms with E-state index in [1.807, 2.05) is 6.92 Å². The summed E-state index contributed by atoms with van der Waals surface area (Å²) in [7, 11) is -3.15. The molecule has 0 aromatic carbocycles. The second kappa shape index (κ2) is 4.37. The number of rotatable bonds is 4. The first kappa shape index (κ1) is 11.6. The minimum Gasteiger partial charge on any atom is -0.330 e. The van der Waals surface area contributed by atoms with Crippen molar-refractivity contribution in [1.29, 1.82) is 0 Å². The number of sulfone groups is 1. The maximum Gasteiger partial charge on any atom is 0.209 e. The summed E-state index contributed by atoms with van der Waals surface area (Å²) in [4.78, 5) is 4.04. The lowest BCUT2D eigenvalue weighted by molar-refractivity contribution is 0.581. The molecule has 2 N–H and O–H groups in total. The van der Waals surface area contributed by atoms with Crippen LogP contribution in [-0.2, 0) is 16.3 Å². The zero-order valence-corrected chi connectivity index (χ0v) is 9.86. The van der Waals surface area contributed by atoms with Crippen LogP contribution in [0, 0.1) is 5.92 Å². The molecule has 6 heteroatoms. The Labute approximate surface area is 88.1 Å². The van der Waals surface area contributed by atoms with Crippen molar-refractivity contribution in [3.05, 3.63) is 11.1 Å². The summed E-state index contributed by atoms with van der Waals surface area (Å²) in [5, 5.41) is 1.78. The van der Waals surface area contributed by atoms with Gasteiger partial charge < -0.3 is 5.73 Å². The SMILES string of the molecule is CC(CN)Cc1csc(S(C)(=O)=O)n1. The molecule has 1 atom stereocenters. The summed E-state index contributed by atoms with van der Waals surface area (Å²) in [5.41, 5.74) is 6.28. The van der Waals surface area contributed by atoms with Gasteiger partial charge in [-0.05, 0) is 18.9 Å². The molecule has 0 radical (unpaired) electrons. The van der Waals surface area contributed by atoms with Crippen LogP contribution in [0.2, 0.25) is 0 Å². The molecule has 1 rings (SSSR count). The third-order valence-electron chi connectivity index (χ3n) is 1.81. The molecular weight excluding hydrogens is 220 g/mol. The second-order valence-electron chi connectivity index (χ2n) is 3.42. The van der Waals surface area contributed by atoms with Gasteiger partial charge in [0.25, 0.3) is 0 Å². The molecule has 0 saturated carbocycles. The Hall–Kier alpha value is -0.460. The van der Waals surface area contributed by atoms with Gasteiger partial charge in [0, 0.05) is 11.6 Å². The Morgan fingerprint density at radius 3 is 2.71 bits per heavy atom. The number of nitrogens with zero attached hydrogens (tertiary/aromatic N) is 1. The molecule has 0 spiro atoms. The Balaban J connectivity index is 2.79. The van der Waals surface area contributed by atoms with E-state index in [1.165, 1.54) is 17.6 Å². The highest BCUT2D eigenvalue weighted by Crippen LogP contribution is 2.17. The van der Waals surface area contributed by atoms with E-state index in [0.29, 0.717) is 12.5 Å². The summed E-state index contributed by atoms with van der Waals surface area (Å²) >= 11 is 1.17. The van der Waals surface area contributed by atoms with Crippen molar-refractivity contribution in [3.63, 3.8) is 0 Å². The Morgan fingerprint density at radius 2 is 2.29 bits per heavy atom. The standard InChI is InChI=1S/C8H14N2O2S2/c1-6(4-9)3-7-5-13-8(10-7)14(2,11)12/h5-6H,3-4,9H2,1-2H3. The van der Waals surface area contributed by atoms with E-state index in [4.69, 9.17) is 5.73 Å². The van der Waals surface area contributed by atoms with E-state index >= 15 is 0 Å². The number of thiazole rings is 1. The highest BCUT2D eigenvalue weighted by Gasteiger charge is 2.13. The minimum absolute atomic E-state index is 0.191. The summed E-state index contributed by atoms with van der Waals surface area (Å²) in [6.07, 6.45) is 1.91. The van der Waals surface area contributed by atoms with Crippen LogP contribution in [0.3, 0.4) is 0 Å². The topological polar surface area (TPSA) is 73.1 Å². The zero-order valence-electron chi connectivity index (χ0n) is 8.23. The summed E-state index contributed by atoms with van der Waals surface area (Å²) in [5.74, 6) is 0.338. The molecule has 1 unspecified atom stereocenters. The minimum atomic E-state index is -3.15. The van der Waals surface area contributed by atoms with E-state index in [9.17, 15) is 8.42 Å². The fourth-order valence-electron chi connectivity index (χ4n) is 0.993. The lowest BCUT2D eigenvalue weighted by Gasteiger charge is -2.03. The molecule has 0 saturated heterocycles. The van der Waals surface area contributed by atoms with Crippen LogP contribution in [-0.4, -0.2) is 26.2 Å². The third-order valence-corrected chi connectivity index (χ3v) is 4.41. The van der Waals surface area contributed by atoms with Gasteiger partial charge in [0.2, 0.25) is 14.2 Å². The van der Waals surface area contributed by atoms with E-state index in [0.717, 1.165) is 12.1 Å². The zero-order chi connectivity index (χ0) is 10.8. The molecule has 0 aliphatic carbocycles. The molecule has 80 valence electrons. The van der Waals surface area contributed by atoms with Gasteiger partial charge >= 0.3 is 0 Å². The van der Waals surface area contributed by atoms with Crippen molar-refractivity contribution < 1.29 is 8.42 Å². The smallest absolute Gasteiger partial charge is 0.209 e. The largest absolute Gasteiger partial charge is 0.330 e. The number of aromatic nitrogens is 1. The summed E-state index contributed by atoms with van der Waals surface area (Å²) in [6, 6.07) is 0.